The van der Waals surface area contributed by atoms with Gasteiger partial charge < -0.3 is 10.4 Å². The Bertz CT molecular complexity index is 101. The third-order valence-corrected chi connectivity index (χ3v) is 2.36. The van der Waals surface area contributed by atoms with Gasteiger partial charge in [-0.25, -0.2) is 0 Å². The number of hydrogen-bond acceptors (Lipinski definition) is 2. The second-order valence-corrected chi connectivity index (χ2v) is 3.31. The van der Waals surface area contributed by atoms with Gasteiger partial charge in [-0.2, -0.15) is 0 Å². The highest BCUT2D eigenvalue weighted by molar-refractivity contribution is 4.88. The molecular formula is C8H17NO. The lowest BCUT2D eigenvalue weighted by Crippen LogP contribution is -2.35. The summed E-state index contributed by atoms with van der Waals surface area (Å²) in [5.74, 6) is 1.25. The van der Waals surface area contributed by atoms with Crippen molar-refractivity contribution in [1.29, 1.82) is 0 Å². The zero-order valence-corrected chi connectivity index (χ0v) is 6.80. The van der Waals surface area contributed by atoms with Gasteiger partial charge in [0.05, 0.1) is 0 Å². The van der Waals surface area contributed by atoms with Gasteiger partial charge in [-0.15, -0.1) is 0 Å². The Hall–Kier alpha value is -0.0800. The maximum atomic E-state index is 8.87. The van der Waals surface area contributed by atoms with Crippen molar-refractivity contribution in [3.05, 3.63) is 0 Å². The van der Waals surface area contributed by atoms with E-state index in [2.05, 4.69) is 12.2 Å². The summed E-state index contributed by atoms with van der Waals surface area (Å²) in [7, 11) is 1.98. The third-order valence-electron chi connectivity index (χ3n) is 2.36. The Morgan fingerprint density at radius 2 is 2.20 bits per heavy atom. The predicted octanol–water partition coefficient (Wildman–Crippen LogP) is 0.613. The van der Waals surface area contributed by atoms with Crippen LogP contribution in [0.2, 0.25) is 0 Å². The minimum absolute atomic E-state index is 0.308. The molecule has 2 atom stereocenters. The molecule has 0 aromatic rings. The first-order chi connectivity index (χ1) is 4.79. The highest BCUT2D eigenvalue weighted by atomic mass is 16.3. The predicted molar refractivity (Wildman–Crippen MR) is 41.8 cm³/mol. The molecule has 1 saturated carbocycles. The van der Waals surface area contributed by atoms with Gasteiger partial charge in [-0.1, -0.05) is 6.92 Å². The van der Waals surface area contributed by atoms with Crippen LogP contribution in [0.15, 0.2) is 0 Å². The summed E-state index contributed by atoms with van der Waals surface area (Å²) >= 11 is 0. The lowest BCUT2D eigenvalue weighted by molar-refractivity contribution is 0.195. The summed E-state index contributed by atoms with van der Waals surface area (Å²) in [4.78, 5) is 0. The molecule has 0 spiro atoms. The van der Waals surface area contributed by atoms with Gasteiger partial charge in [0.25, 0.3) is 0 Å². The van der Waals surface area contributed by atoms with E-state index in [1.165, 1.54) is 12.8 Å². The van der Waals surface area contributed by atoms with Crippen LogP contribution >= 0.6 is 0 Å². The highest BCUT2D eigenvalue weighted by Gasteiger charge is 2.32. The average Bonchev–Trinajstić information content (AvgIpc) is 2.73. The van der Waals surface area contributed by atoms with E-state index in [4.69, 9.17) is 5.11 Å². The molecule has 2 heteroatoms. The lowest BCUT2D eigenvalue weighted by atomic mass is 9.99. The van der Waals surface area contributed by atoms with Crippen molar-refractivity contribution in [3.63, 3.8) is 0 Å². The Balaban J connectivity index is 2.30. The Kier molecular flexibility index (Phi) is 2.69. The monoisotopic (exact) mass is 143 g/mol. The number of aliphatic hydroxyl groups is 1. The molecule has 0 aromatic carbocycles. The quantitative estimate of drug-likeness (QED) is 0.604. The fraction of sp³-hybridized carbons (Fsp3) is 1.00. The van der Waals surface area contributed by atoms with Crippen LogP contribution in [0.1, 0.15) is 19.8 Å². The van der Waals surface area contributed by atoms with Crippen molar-refractivity contribution in [3.8, 4) is 0 Å². The van der Waals surface area contributed by atoms with Crippen molar-refractivity contribution < 1.29 is 5.11 Å². The largest absolute Gasteiger partial charge is 0.396 e. The zero-order chi connectivity index (χ0) is 7.56. The first-order valence-corrected chi connectivity index (χ1v) is 4.07. The topological polar surface area (TPSA) is 32.3 Å². The molecule has 0 aliphatic heterocycles. The summed E-state index contributed by atoms with van der Waals surface area (Å²) in [5, 5.41) is 12.1. The molecule has 2 unspecified atom stereocenters. The molecule has 0 amide bonds. The molecule has 1 aliphatic carbocycles. The second kappa shape index (κ2) is 3.35. The van der Waals surface area contributed by atoms with Crippen LogP contribution in [-0.4, -0.2) is 24.8 Å². The Labute approximate surface area is 62.6 Å². The summed E-state index contributed by atoms with van der Waals surface area (Å²) < 4.78 is 0. The van der Waals surface area contributed by atoms with E-state index in [-0.39, 0.29) is 0 Å². The fourth-order valence-corrected chi connectivity index (χ4v) is 1.55. The van der Waals surface area contributed by atoms with Gasteiger partial charge in [0.1, 0.15) is 0 Å². The normalized spacial score (nSPS) is 24.3. The first kappa shape index (κ1) is 8.02. The number of rotatable bonds is 4. The van der Waals surface area contributed by atoms with Crippen molar-refractivity contribution in [2.45, 2.75) is 25.8 Å². The van der Waals surface area contributed by atoms with E-state index in [9.17, 15) is 0 Å². The Morgan fingerprint density at radius 3 is 2.50 bits per heavy atom. The van der Waals surface area contributed by atoms with Crippen molar-refractivity contribution in [1.82, 2.24) is 5.32 Å². The van der Waals surface area contributed by atoms with E-state index in [1.807, 2.05) is 7.05 Å². The van der Waals surface area contributed by atoms with Crippen LogP contribution in [-0.2, 0) is 0 Å². The average molecular weight is 143 g/mol. The summed E-state index contributed by atoms with van der Waals surface area (Å²) in [6, 6.07) is 0.546. The minimum atomic E-state index is 0.308. The molecule has 0 radical (unpaired) electrons. The first-order valence-electron chi connectivity index (χ1n) is 4.07. The third kappa shape index (κ3) is 1.70. The van der Waals surface area contributed by atoms with Crippen molar-refractivity contribution in [2.75, 3.05) is 13.7 Å². The number of hydrogen-bond donors (Lipinski definition) is 2. The molecule has 10 heavy (non-hydrogen) atoms. The molecule has 0 aromatic heterocycles. The lowest BCUT2D eigenvalue weighted by Gasteiger charge is -2.20. The van der Waals surface area contributed by atoms with E-state index in [1.54, 1.807) is 0 Å². The van der Waals surface area contributed by atoms with Crippen LogP contribution in [0.3, 0.4) is 0 Å². The van der Waals surface area contributed by atoms with E-state index in [0.717, 1.165) is 5.92 Å². The zero-order valence-electron chi connectivity index (χ0n) is 6.80. The Morgan fingerprint density at radius 1 is 1.60 bits per heavy atom. The van der Waals surface area contributed by atoms with Crippen LogP contribution in [0.25, 0.3) is 0 Å². The van der Waals surface area contributed by atoms with Gasteiger partial charge in [0.2, 0.25) is 0 Å². The van der Waals surface area contributed by atoms with Gasteiger partial charge in [0, 0.05) is 12.6 Å². The standard InChI is InChI=1S/C8H17NO/c1-6(5-10)8(9-2)7-3-4-7/h6-10H,3-5H2,1-2H3. The van der Waals surface area contributed by atoms with E-state index < -0.39 is 0 Å². The van der Waals surface area contributed by atoms with E-state index >= 15 is 0 Å². The van der Waals surface area contributed by atoms with Gasteiger partial charge in [0.15, 0.2) is 0 Å². The molecular weight excluding hydrogens is 126 g/mol. The minimum Gasteiger partial charge on any atom is -0.396 e. The van der Waals surface area contributed by atoms with Crippen LogP contribution in [0, 0.1) is 11.8 Å². The molecule has 1 aliphatic rings. The van der Waals surface area contributed by atoms with Crippen LogP contribution in [0.5, 0.6) is 0 Å². The second-order valence-electron chi connectivity index (χ2n) is 3.31. The van der Waals surface area contributed by atoms with Crippen molar-refractivity contribution in [2.24, 2.45) is 11.8 Å². The summed E-state index contributed by atoms with van der Waals surface area (Å²) in [6.07, 6.45) is 2.69. The molecule has 0 heterocycles. The maximum Gasteiger partial charge on any atom is 0.0471 e. The highest BCUT2D eigenvalue weighted by Crippen LogP contribution is 2.35. The van der Waals surface area contributed by atoms with E-state index in [0.29, 0.717) is 18.6 Å². The molecule has 2 nitrogen and oxygen atoms in total. The molecule has 0 bridgehead atoms. The molecule has 60 valence electrons. The maximum absolute atomic E-state index is 8.87. The van der Waals surface area contributed by atoms with Gasteiger partial charge in [-0.05, 0) is 31.7 Å². The van der Waals surface area contributed by atoms with Crippen LogP contribution in [0.4, 0.5) is 0 Å². The van der Waals surface area contributed by atoms with Gasteiger partial charge >= 0.3 is 0 Å². The fourth-order valence-electron chi connectivity index (χ4n) is 1.55. The summed E-state index contributed by atoms with van der Waals surface area (Å²) in [5.41, 5.74) is 0. The molecule has 1 fully saturated rings. The number of nitrogens with one attached hydrogen (secondary N) is 1. The SMILES string of the molecule is CNC(C(C)CO)C1CC1. The molecule has 1 rings (SSSR count). The molecule has 0 saturated heterocycles. The summed E-state index contributed by atoms with van der Waals surface area (Å²) in [6.45, 7) is 2.40. The van der Waals surface area contributed by atoms with Crippen molar-refractivity contribution >= 4 is 0 Å². The number of aliphatic hydroxyl groups excluding tert-OH is 1. The molecule has 2 N–H and O–H groups in total. The van der Waals surface area contributed by atoms with Gasteiger partial charge in [-0.3, -0.25) is 0 Å². The van der Waals surface area contributed by atoms with Crippen LogP contribution < -0.4 is 5.32 Å². The smallest absolute Gasteiger partial charge is 0.0471 e.